The highest BCUT2D eigenvalue weighted by atomic mass is 16.6. The van der Waals surface area contributed by atoms with Crippen molar-refractivity contribution in [1.82, 2.24) is 26.0 Å². The highest BCUT2D eigenvalue weighted by Crippen LogP contribution is 2.44. The van der Waals surface area contributed by atoms with Gasteiger partial charge in [0.15, 0.2) is 5.78 Å². The second-order valence-electron chi connectivity index (χ2n) is 22.1. The molecule has 5 rings (SSSR count). The number of Topliss-reactive ketones (excluding diaryl/α,β-unsaturated/α-hetero) is 1. The van der Waals surface area contributed by atoms with Crippen LogP contribution in [-0.4, -0.2) is 150 Å². The molecule has 4 aliphatic rings. The van der Waals surface area contributed by atoms with Gasteiger partial charge < -0.3 is 61.5 Å². The van der Waals surface area contributed by atoms with Gasteiger partial charge in [0.1, 0.15) is 30.5 Å². The van der Waals surface area contributed by atoms with E-state index in [0.29, 0.717) is 75.9 Å². The highest BCUT2D eigenvalue weighted by molar-refractivity contribution is 5.97. The molecule has 1 aromatic carbocycles. The van der Waals surface area contributed by atoms with Crippen LogP contribution in [0.25, 0.3) is 0 Å². The summed E-state index contributed by atoms with van der Waals surface area (Å²) >= 11 is 0. The molecule has 22 nitrogen and oxygen atoms in total. The lowest BCUT2D eigenvalue weighted by atomic mass is 9.87. The van der Waals surface area contributed by atoms with E-state index in [2.05, 4.69) is 34.3 Å². The van der Waals surface area contributed by atoms with Crippen LogP contribution < -0.4 is 32.7 Å². The predicted molar refractivity (Wildman–Crippen MR) is 298 cm³/mol. The van der Waals surface area contributed by atoms with Gasteiger partial charge in [-0.1, -0.05) is 63.1 Å². The summed E-state index contributed by atoms with van der Waals surface area (Å²) in [6.07, 6.45) is 10.7. The number of ether oxygens (including phenoxy) is 5. The Hall–Kier alpha value is -6.20. The van der Waals surface area contributed by atoms with E-state index in [1.165, 1.54) is 29.1 Å². The molecular weight excluding hydrogens is 1030 g/mol. The summed E-state index contributed by atoms with van der Waals surface area (Å²) in [5.74, 6) is -2.84. The zero-order valence-corrected chi connectivity index (χ0v) is 47.8. The number of anilines is 1. The molecule has 1 spiro atoms. The lowest BCUT2D eigenvalue weighted by Crippen LogP contribution is -2.55. The second kappa shape index (κ2) is 31.7. The average molecular weight is 1120 g/mol. The smallest absolute Gasteiger partial charge is 0.429 e. The van der Waals surface area contributed by atoms with Crippen LogP contribution in [0.3, 0.4) is 0 Å². The quantitative estimate of drug-likeness (QED) is 0.0187. The summed E-state index contributed by atoms with van der Waals surface area (Å²) in [6, 6.07) is 5.00. The molecule has 0 radical (unpaired) electrons. The van der Waals surface area contributed by atoms with E-state index in [1.54, 1.807) is 37.3 Å². The lowest BCUT2D eigenvalue weighted by Gasteiger charge is -2.40. The number of nitrogens with two attached hydrogens (primary N) is 2. The molecule has 0 bridgehead atoms. The van der Waals surface area contributed by atoms with Gasteiger partial charge in [0.05, 0.1) is 43.4 Å². The zero-order chi connectivity index (χ0) is 58.5. The Bertz CT molecular complexity index is 2360. The van der Waals surface area contributed by atoms with E-state index in [9.17, 15) is 43.5 Å². The van der Waals surface area contributed by atoms with Gasteiger partial charge in [-0.05, 0) is 114 Å². The van der Waals surface area contributed by atoms with Gasteiger partial charge in [-0.25, -0.2) is 19.6 Å². The van der Waals surface area contributed by atoms with Crippen molar-refractivity contribution in [2.75, 3.05) is 38.1 Å². The number of benzene rings is 1. The number of carbonyl (C=O) groups is 8. The van der Waals surface area contributed by atoms with E-state index in [-0.39, 0.29) is 99.0 Å². The first-order valence-corrected chi connectivity index (χ1v) is 28.4. The van der Waals surface area contributed by atoms with E-state index < -0.39 is 66.0 Å². The van der Waals surface area contributed by atoms with Gasteiger partial charge in [-0.2, -0.15) is 0 Å². The first-order chi connectivity index (χ1) is 38.1. The molecule has 11 atom stereocenters. The normalized spacial score (nSPS) is 25.2. The third-order valence-electron chi connectivity index (χ3n) is 15.0. The number of aliphatic hydroxyl groups excluding tert-OH is 1. The van der Waals surface area contributed by atoms with Crippen LogP contribution in [0.2, 0.25) is 0 Å². The van der Waals surface area contributed by atoms with Crippen LogP contribution in [0, 0.1) is 17.8 Å². The third-order valence-corrected chi connectivity index (χ3v) is 15.0. The first-order valence-electron chi connectivity index (χ1n) is 28.4. The van der Waals surface area contributed by atoms with Gasteiger partial charge in [-0.15, -0.1) is 0 Å². The fourth-order valence-corrected chi connectivity index (χ4v) is 10.3. The molecule has 0 aliphatic carbocycles. The van der Waals surface area contributed by atoms with Gasteiger partial charge in [0.25, 0.3) is 0 Å². The fraction of sp³-hybridized carbons (Fsp3) is 0.655. The largest absolute Gasteiger partial charge is 0.459 e. The predicted octanol–water partition coefficient (Wildman–Crippen LogP) is 5.16. The summed E-state index contributed by atoms with van der Waals surface area (Å²) < 4.78 is 29.3. The number of carbonyl (C=O) groups excluding carboxylic acids is 8. The lowest BCUT2D eigenvalue weighted by molar-refractivity contribution is -0.163. The molecule has 0 saturated carbocycles. The van der Waals surface area contributed by atoms with E-state index in [4.69, 9.17) is 35.2 Å². The van der Waals surface area contributed by atoms with Crippen molar-refractivity contribution in [2.24, 2.45) is 29.2 Å². The molecule has 80 heavy (non-hydrogen) atoms. The molecule has 0 aromatic heterocycles. The number of allylic oxidation sites excluding steroid dienone is 2. The number of esters is 1. The van der Waals surface area contributed by atoms with Crippen molar-refractivity contribution < 1.29 is 67.1 Å². The molecule has 0 unspecified atom stereocenters. The van der Waals surface area contributed by atoms with Crippen molar-refractivity contribution >= 4 is 53.2 Å². The van der Waals surface area contributed by atoms with Gasteiger partial charge in [-0.3, -0.25) is 28.8 Å². The number of epoxide rings is 1. The Morgan fingerprint density at radius 3 is 2.31 bits per heavy atom. The van der Waals surface area contributed by atoms with E-state index in [1.807, 2.05) is 33.8 Å². The van der Waals surface area contributed by atoms with Crippen molar-refractivity contribution in [3.8, 4) is 0 Å². The fourth-order valence-electron chi connectivity index (χ4n) is 10.3. The maximum Gasteiger partial charge on any atom is 0.429 e. The molecule has 444 valence electrons. The topological polar surface area (TPSA) is 313 Å². The molecule has 4 heterocycles. The number of primary amides is 1. The molecular formula is C58H88N8O14. The Labute approximate surface area is 470 Å². The van der Waals surface area contributed by atoms with Crippen molar-refractivity contribution in [3.05, 3.63) is 65.8 Å². The minimum atomic E-state index is -0.957. The number of rotatable bonds is 28. The number of hydrogen-bond acceptors (Lipinski definition) is 15. The van der Waals surface area contributed by atoms with Crippen LogP contribution in [0.4, 0.5) is 15.3 Å². The van der Waals surface area contributed by atoms with Crippen molar-refractivity contribution in [2.45, 2.75) is 193 Å². The monoisotopic (exact) mass is 1120 g/mol. The Balaban J connectivity index is 1.11. The van der Waals surface area contributed by atoms with Crippen molar-refractivity contribution in [1.29, 1.82) is 0 Å². The number of nitrogens with one attached hydrogen (secondary N) is 4. The standard InChI is InChI=1S/C58H88N8O14/c1-36(2)53(64-50(69)15-9-8-10-26-59)47(68)31-43(14-13-27-61-56(60)74)55(73)62-44-21-19-42(20-22-44)34-76-57(75)66-29-12-11-28-65(66)52(71)32-45-33-58(35-77-58)54(72)49(80-45)24-17-37(3)16-23-48-38(4)30-46(40(6)79-48)63-51(70)25-18-39(5)78-41(7)67/h16-22,24-25,36,38-40,43,45-46,48-49,53-54,72H,8-15,23,26-35,59H2,1-7H3,(H,62,73)(H,63,70)(H,64,69)(H3,60,61,74)/b24-17+,25-18-,37-16+/t38-,39-,40+,43+,45+,46+,48-,49+,53-,54+,58+/m0/s1. The van der Waals surface area contributed by atoms with Gasteiger partial charge in [0.2, 0.25) is 23.6 Å². The molecule has 4 saturated heterocycles. The molecule has 1 aromatic rings. The third kappa shape index (κ3) is 20.7. The summed E-state index contributed by atoms with van der Waals surface area (Å²) in [5.41, 5.74) is 11.9. The van der Waals surface area contributed by atoms with Gasteiger partial charge >= 0.3 is 18.1 Å². The second-order valence-corrected chi connectivity index (χ2v) is 22.1. The summed E-state index contributed by atoms with van der Waals surface area (Å²) in [4.78, 5) is 103. The number of unbranched alkanes of at least 4 members (excludes halogenated alkanes) is 2. The van der Waals surface area contributed by atoms with E-state index in [0.717, 1.165) is 18.4 Å². The zero-order valence-electron chi connectivity index (χ0n) is 47.8. The van der Waals surface area contributed by atoms with Crippen LogP contribution in [0.1, 0.15) is 138 Å². The number of aliphatic hydroxyl groups is 1. The van der Waals surface area contributed by atoms with E-state index >= 15 is 0 Å². The molecule has 9 N–H and O–H groups in total. The maximum absolute atomic E-state index is 14.0. The Morgan fingerprint density at radius 2 is 1.65 bits per heavy atom. The number of nitrogens with zero attached hydrogens (tertiary/aromatic N) is 2. The number of urea groups is 1. The Kier molecular flexibility index (Phi) is 25.6. The highest BCUT2D eigenvalue weighted by Gasteiger charge is 2.58. The molecule has 22 heteroatoms. The van der Waals surface area contributed by atoms with Crippen molar-refractivity contribution in [3.63, 3.8) is 0 Å². The number of amides is 7. The maximum atomic E-state index is 14.0. The molecule has 4 fully saturated rings. The summed E-state index contributed by atoms with van der Waals surface area (Å²) in [6.45, 7) is 14.1. The molecule has 4 aliphatic heterocycles. The van der Waals surface area contributed by atoms with Crippen LogP contribution in [0.15, 0.2) is 60.2 Å². The number of ketones is 1. The SMILES string of the molecule is CC(=O)O[C@@H](C)/C=C\C(=O)N[C@@H]1C[C@H](C)[C@H](C/C=C(C)/C=C/[C@H]2O[C@H](CC(=O)N3CCCCN3C(=O)OCc3ccc(NC(=O)[C@H](CCCNC(N)=O)CC(=O)[C@@H](NC(=O)CCCCCN)C(C)C)cc3)C[C@@]3(CO3)[C@@H]2O)O[C@@H]1C. The first kappa shape index (κ1) is 64.6. The van der Waals surface area contributed by atoms with Crippen LogP contribution >= 0.6 is 0 Å². The Morgan fingerprint density at radius 1 is 0.938 bits per heavy atom. The van der Waals surface area contributed by atoms with Gasteiger partial charge in [0, 0.05) is 63.5 Å². The average Bonchev–Trinajstić information content (AvgIpc) is 4.28. The van der Waals surface area contributed by atoms with Crippen LogP contribution in [0.5, 0.6) is 0 Å². The van der Waals surface area contributed by atoms with Crippen LogP contribution in [-0.2, 0) is 59.1 Å². The number of hydrogen-bond donors (Lipinski definition) is 7. The number of hydrazine groups is 1. The minimum absolute atomic E-state index is 0.0572. The summed E-state index contributed by atoms with van der Waals surface area (Å²) in [7, 11) is 0. The minimum Gasteiger partial charge on any atom is -0.459 e. The summed E-state index contributed by atoms with van der Waals surface area (Å²) in [5, 5.41) is 25.3. The molecule has 7 amide bonds.